The van der Waals surface area contributed by atoms with Gasteiger partial charge in [-0.3, -0.25) is 4.79 Å². The molecule has 34 heavy (non-hydrogen) atoms. The van der Waals surface area contributed by atoms with Gasteiger partial charge in [0, 0.05) is 0 Å². The van der Waals surface area contributed by atoms with Crippen molar-refractivity contribution in [3.63, 3.8) is 0 Å². The summed E-state index contributed by atoms with van der Waals surface area (Å²) in [4.78, 5) is 12.9. The predicted molar refractivity (Wildman–Crippen MR) is 121 cm³/mol. The lowest BCUT2D eigenvalue weighted by Gasteiger charge is -2.15. The number of amides is 1. The maximum Gasteiger partial charge on any atom is 0.280 e. The minimum atomic E-state index is -2.32. The first-order valence-electron chi connectivity index (χ1n) is 10.3. The number of nitrogens with zero attached hydrogens (tertiary/aromatic N) is 2. The SMILES string of the molecule is CCCCOc1c(Br)cc(/C=C2\C(=O)N(c3c(F)c(F)c(F)c(F)c3F)N=C2C)cc1OCC. The molecule has 1 aliphatic rings. The molecule has 0 fully saturated rings. The van der Waals surface area contributed by atoms with Gasteiger partial charge in [0.1, 0.15) is 5.69 Å². The van der Waals surface area contributed by atoms with E-state index in [-0.39, 0.29) is 16.3 Å². The number of carbonyl (C=O) groups is 1. The molecule has 1 aliphatic heterocycles. The Morgan fingerprint density at radius 3 is 2.21 bits per heavy atom. The van der Waals surface area contributed by atoms with Crippen LogP contribution >= 0.6 is 15.9 Å². The van der Waals surface area contributed by atoms with E-state index in [1.807, 2.05) is 6.92 Å². The predicted octanol–water partition coefficient (Wildman–Crippen LogP) is 6.53. The molecule has 0 atom stereocenters. The van der Waals surface area contributed by atoms with Gasteiger partial charge in [-0.25, -0.2) is 22.0 Å². The number of hydrogen-bond acceptors (Lipinski definition) is 4. The Morgan fingerprint density at radius 2 is 1.62 bits per heavy atom. The third-order valence-corrected chi connectivity index (χ3v) is 5.44. The van der Waals surface area contributed by atoms with E-state index in [1.165, 1.54) is 13.0 Å². The first-order valence-corrected chi connectivity index (χ1v) is 11.1. The van der Waals surface area contributed by atoms with Gasteiger partial charge in [-0.05, 0) is 60.0 Å². The molecule has 5 nitrogen and oxygen atoms in total. The maximum absolute atomic E-state index is 14.2. The standard InChI is InChI=1S/C23H20BrF5N2O3/c1-4-6-7-34-22-14(24)9-12(10-15(22)33-5-2)8-13-11(3)30-31(23(13)32)21-19(28)17(26)16(25)18(27)20(21)29/h8-10H,4-7H2,1-3H3/b13-8-. The van der Waals surface area contributed by atoms with Crippen molar-refractivity contribution in [2.24, 2.45) is 5.10 Å². The van der Waals surface area contributed by atoms with Crippen LogP contribution in [0.15, 0.2) is 27.3 Å². The molecule has 3 rings (SSSR count). The molecule has 0 N–H and O–H groups in total. The minimum Gasteiger partial charge on any atom is -0.490 e. The number of carbonyl (C=O) groups excluding carboxylic acids is 1. The number of ether oxygens (including phenoxy) is 2. The molecule has 0 saturated carbocycles. The van der Waals surface area contributed by atoms with Crippen molar-refractivity contribution in [2.45, 2.75) is 33.6 Å². The summed E-state index contributed by atoms with van der Waals surface area (Å²) in [6.07, 6.45) is 3.14. The van der Waals surface area contributed by atoms with Gasteiger partial charge < -0.3 is 9.47 Å². The summed E-state index contributed by atoms with van der Waals surface area (Å²) in [5, 5.41) is 3.89. The van der Waals surface area contributed by atoms with Crippen LogP contribution in [0.5, 0.6) is 11.5 Å². The molecule has 2 aromatic rings. The molecular formula is C23H20BrF5N2O3. The second-order valence-electron chi connectivity index (χ2n) is 7.24. The van der Waals surface area contributed by atoms with Crippen LogP contribution in [-0.4, -0.2) is 24.8 Å². The highest BCUT2D eigenvalue weighted by Gasteiger charge is 2.37. The Balaban J connectivity index is 2.02. The topological polar surface area (TPSA) is 51.1 Å². The quantitative estimate of drug-likeness (QED) is 0.124. The number of unbranched alkanes of at least 4 members (excludes halogenated alkanes) is 1. The van der Waals surface area contributed by atoms with E-state index in [4.69, 9.17) is 9.47 Å². The molecule has 1 heterocycles. The highest BCUT2D eigenvalue weighted by molar-refractivity contribution is 9.10. The Morgan fingerprint density at radius 1 is 1.00 bits per heavy atom. The van der Waals surface area contributed by atoms with Crippen molar-refractivity contribution >= 4 is 39.3 Å². The summed E-state index contributed by atoms with van der Waals surface area (Å²) in [7, 11) is 0. The lowest BCUT2D eigenvalue weighted by molar-refractivity contribution is -0.114. The van der Waals surface area contributed by atoms with Gasteiger partial charge >= 0.3 is 0 Å². The summed E-state index contributed by atoms with van der Waals surface area (Å²) in [5.41, 5.74) is -1.07. The Labute approximate surface area is 201 Å². The molecule has 0 bridgehead atoms. The zero-order valence-corrected chi connectivity index (χ0v) is 20.0. The normalized spacial score (nSPS) is 14.7. The van der Waals surface area contributed by atoms with E-state index < -0.39 is 40.7 Å². The second-order valence-corrected chi connectivity index (χ2v) is 8.10. The van der Waals surface area contributed by atoms with E-state index in [2.05, 4.69) is 21.0 Å². The van der Waals surface area contributed by atoms with Gasteiger partial charge in [0.25, 0.3) is 5.91 Å². The number of hydrogen-bond donors (Lipinski definition) is 0. The van der Waals surface area contributed by atoms with E-state index >= 15 is 0 Å². The largest absolute Gasteiger partial charge is 0.490 e. The van der Waals surface area contributed by atoms with Crippen molar-refractivity contribution in [3.05, 3.63) is 56.8 Å². The third-order valence-electron chi connectivity index (χ3n) is 4.85. The number of halogens is 6. The van der Waals surface area contributed by atoms with Gasteiger partial charge in [0.2, 0.25) is 5.82 Å². The Hall–Kier alpha value is -2.95. The van der Waals surface area contributed by atoms with Gasteiger partial charge in [0.05, 0.1) is 29.0 Å². The first kappa shape index (κ1) is 25.7. The van der Waals surface area contributed by atoms with E-state index in [0.717, 1.165) is 12.8 Å². The summed E-state index contributed by atoms with van der Waals surface area (Å²) < 4.78 is 81.1. The van der Waals surface area contributed by atoms with Crippen LogP contribution < -0.4 is 14.5 Å². The number of hydrazone groups is 1. The molecular weight excluding hydrogens is 527 g/mol. The highest BCUT2D eigenvalue weighted by atomic mass is 79.9. The molecule has 0 radical (unpaired) electrons. The van der Waals surface area contributed by atoms with Crippen LogP contribution in [0.3, 0.4) is 0 Å². The van der Waals surface area contributed by atoms with Crippen molar-refractivity contribution in [1.29, 1.82) is 0 Å². The van der Waals surface area contributed by atoms with Gasteiger partial charge in [-0.2, -0.15) is 10.1 Å². The average Bonchev–Trinajstić information content (AvgIpc) is 3.06. The molecule has 0 aromatic heterocycles. The van der Waals surface area contributed by atoms with E-state index in [0.29, 0.717) is 34.7 Å². The Bertz CT molecular complexity index is 1170. The van der Waals surface area contributed by atoms with Crippen LogP contribution in [0.2, 0.25) is 0 Å². The zero-order chi connectivity index (χ0) is 25.2. The van der Waals surface area contributed by atoms with Gasteiger partial charge in [-0.15, -0.1) is 0 Å². The van der Waals surface area contributed by atoms with Crippen molar-refractivity contribution in [3.8, 4) is 11.5 Å². The Kier molecular flexibility index (Phi) is 7.96. The van der Waals surface area contributed by atoms with Crippen molar-refractivity contribution in [1.82, 2.24) is 0 Å². The fourth-order valence-corrected chi connectivity index (χ4v) is 3.75. The third kappa shape index (κ3) is 4.79. The monoisotopic (exact) mass is 546 g/mol. The van der Waals surface area contributed by atoms with Gasteiger partial charge in [-0.1, -0.05) is 13.3 Å². The van der Waals surface area contributed by atoms with Crippen LogP contribution in [0.1, 0.15) is 39.2 Å². The average molecular weight is 547 g/mol. The summed E-state index contributed by atoms with van der Waals surface area (Å²) in [6.45, 7) is 5.99. The highest BCUT2D eigenvalue weighted by Crippen LogP contribution is 2.39. The molecule has 2 aromatic carbocycles. The summed E-state index contributed by atoms with van der Waals surface area (Å²) in [6, 6.07) is 3.24. The van der Waals surface area contributed by atoms with Crippen LogP contribution in [-0.2, 0) is 4.79 Å². The second kappa shape index (κ2) is 10.5. The fraction of sp³-hybridized carbons (Fsp3) is 0.304. The molecule has 0 spiro atoms. The summed E-state index contributed by atoms with van der Waals surface area (Å²) >= 11 is 3.41. The molecule has 0 unspecified atom stereocenters. The van der Waals surface area contributed by atoms with Crippen LogP contribution in [0.4, 0.5) is 27.6 Å². The minimum absolute atomic E-state index is 0.0197. The molecule has 0 aliphatic carbocycles. The lowest BCUT2D eigenvalue weighted by Crippen LogP contribution is -2.25. The fourth-order valence-electron chi connectivity index (χ4n) is 3.17. The van der Waals surface area contributed by atoms with Crippen LogP contribution in [0.25, 0.3) is 6.08 Å². The molecule has 1 amide bonds. The van der Waals surface area contributed by atoms with E-state index in [1.54, 1.807) is 19.1 Å². The smallest absolute Gasteiger partial charge is 0.280 e. The summed E-state index contributed by atoms with van der Waals surface area (Å²) in [5.74, 6) is -11.2. The number of benzene rings is 2. The molecule has 0 saturated heterocycles. The first-order chi connectivity index (χ1) is 16.1. The van der Waals surface area contributed by atoms with Gasteiger partial charge in [0.15, 0.2) is 34.8 Å². The van der Waals surface area contributed by atoms with E-state index in [9.17, 15) is 26.7 Å². The lowest BCUT2D eigenvalue weighted by atomic mass is 10.1. The zero-order valence-electron chi connectivity index (χ0n) is 18.4. The van der Waals surface area contributed by atoms with Crippen molar-refractivity contribution < 1.29 is 36.2 Å². The number of rotatable bonds is 8. The number of anilines is 1. The molecule has 182 valence electrons. The van der Waals surface area contributed by atoms with Crippen LogP contribution in [0, 0.1) is 29.1 Å². The molecule has 11 heteroatoms. The maximum atomic E-state index is 14.2. The van der Waals surface area contributed by atoms with Crippen molar-refractivity contribution in [2.75, 3.05) is 18.2 Å².